The van der Waals surface area contributed by atoms with Gasteiger partial charge >= 0.3 is 6.18 Å². The van der Waals surface area contributed by atoms with E-state index in [0.717, 1.165) is 11.0 Å². The van der Waals surface area contributed by atoms with Gasteiger partial charge in [0.05, 0.1) is 5.56 Å². The molecule has 0 aliphatic rings. The summed E-state index contributed by atoms with van der Waals surface area (Å²) >= 11 is 5.72. The number of hydrogen-bond donors (Lipinski definition) is 0. The second-order valence-electron chi connectivity index (χ2n) is 3.87. The standard InChI is InChI=1S/C11H10ClF4NO/c1-17(2)10(18)9(12)6-3-7(11(14,15)16)5-8(13)4-6/h3-5,9H,1-2H3. The first kappa shape index (κ1) is 14.8. The molecule has 0 fully saturated rings. The molecule has 0 aromatic heterocycles. The fraction of sp³-hybridized carbons (Fsp3) is 0.364. The molecule has 0 spiro atoms. The van der Waals surface area contributed by atoms with Crippen LogP contribution in [0.5, 0.6) is 0 Å². The van der Waals surface area contributed by atoms with Gasteiger partial charge in [0.1, 0.15) is 11.2 Å². The Morgan fingerprint density at radius 3 is 2.28 bits per heavy atom. The lowest BCUT2D eigenvalue weighted by atomic mass is 10.1. The summed E-state index contributed by atoms with van der Waals surface area (Å²) in [7, 11) is 2.81. The molecule has 0 aliphatic carbocycles. The van der Waals surface area contributed by atoms with E-state index in [4.69, 9.17) is 11.6 Å². The molecule has 0 radical (unpaired) electrons. The minimum atomic E-state index is -4.69. The number of hydrogen-bond acceptors (Lipinski definition) is 1. The van der Waals surface area contributed by atoms with Gasteiger partial charge in [0.2, 0.25) is 5.91 Å². The van der Waals surface area contributed by atoms with E-state index >= 15 is 0 Å². The maximum atomic E-state index is 13.1. The Kier molecular flexibility index (Phi) is 4.21. The van der Waals surface area contributed by atoms with Crippen molar-refractivity contribution in [3.8, 4) is 0 Å². The first-order valence-electron chi connectivity index (χ1n) is 4.86. The highest BCUT2D eigenvalue weighted by Crippen LogP contribution is 2.33. The van der Waals surface area contributed by atoms with Crippen LogP contribution in [0.3, 0.4) is 0 Å². The predicted octanol–water partition coefficient (Wildman–Crippen LogP) is 3.21. The molecule has 0 aliphatic heterocycles. The normalized spacial score (nSPS) is 13.3. The van der Waals surface area contributed by atoms with Gasteiger partial charge in [-0.25, -0.2) is 4.39 Å². The number of amides is 1. The lowest BCUT2D eigenvalue weighted by Crippen LogP contribution is -2.25. The van der Waals surface area contributed by atoms with Crippen molar-refractivity contribution >= 4 is 17.5 Å². The lowest BCUT2D eigenvalue weighted by molar-refractivity contribution is -0.138. The zero-order valence-corrected chi connectivity index (χ0v) is 10.3. The van der Waals surface area contributed by atoms with Crippen molar-refractivity contribution in [1.82, 2.24) is 4.90 Å². The molecular formula is C11H10ClF4NO. The van der Waals surface area contributed by atoms with Gasteiger partial charge in [-0.1, -0.05) is 0 Å². The van der Waals surface area contributed by atoms with Gasteiger partial charge < -0.3 is 4.90 Å². The van der Waals surface area contributed by atoms with E-state index in [-0.39, 0.29) is 5.56 Å². The average Bonchev–Trinajstić information content (AvgIpc) is 2.24. The fourth-order valence-corrected chi connectivity index (χ4v) is 1.61. The van der Waals surface area contributed by atoms with E-state index < -0.39 is 28.8 Å². The van der Waals surface area contributed by atoms with Crippen molar-refractivity contribution in [2.45, 2.75) is 11.6 Å². The number of carbonyl (C=O) groups is 1. The molecule has 0 heterocycles. The van der Waals surface area contributed by atoms with Crippen LogP contribution in [-0.2, 0) is 11.0 Å². The third-order valence-electron chi connectivity index (χ3n) is 2.20. The molecule has 7 heteroatoms. The topological polar surface area (TPSA) is 20.3 Å². The predicted molar refractivity (Wildman–Crippen MR) is 58.7 cm³/mol. The van der Waals surface area contributed by atoms with Gasteiger partial charge in [-0.05, 0) is 23.8 Å². The molecular weight excluding hydrogens is 274 g/mol. The first-order chi connectivity index (χ1) is 8.12. The van der Waals surface area contributed by atoms with Crippen LogP contribution in [0.2, 0.25) is 0 Å². The van der Waals surface area contributed by atoms with Crippen molar-refractivity contribution in [2.24, 2.45) is 0 Å². The third kappa shape index (κ3) is 3.35. The van der Waals surface area contributed by atoms with Crippen molar-refractivity contribution < 1.29 is 22.4 Å². The second kappa shape index (κ2) is 5.14. The summed E-state index contributed by atoms with van der Waals surface area (Å²) in [5.41, 5.74) is -1.39. The zero-order valence-electron chi connectivity index (χ0n) is 9.55. The Hall–Kier alpha value is -1.30. The van der Waals surface area contributed by atoms with Gasteiger partial charge in [-0.15, -0.1) is 11.6 Å². The van der Waals surface area contributed by atoms with E-state index in [0.29, 0.717) is 12.1 Å². The van der Waals surface area contributed by atoms with Gasteiger partial charge in [0.25, 0.3) is 0 Å². The Bertz CT molecular complexity index is 459. The molecule has 2 nitrogen and oxygen atoms in total. The molecule has 0 bridgehead atoms. The molecule has 18 heavy (non-hydrogen) atoms. The number of nitrogens with zero attached hydrogens (tertiary/aromatic N) is 1. The van der Waals surface area contributed by atoms with Crippen LogP contribution in [0.4, 0.5) is 17.6 Å². The number of alkyl halides is 4. The first-order valence-corrected chi connectivity index (χ1v) is 5.29. The molecule has 0 saturated heterocycles. The van der Waals surface area contributed by atoms with E-state index in [1.807, 2.05) is 0 Å². The summed E-state index contributed by atoms with van der Waals surface area (Å²) in [6.45, 7) is 0. The van der Waals surface area contributed by atoms with Crippen LogP contribution >= 0.6 is 11.6 Å². The Balaban J connectivity index is 3.18. The third-order valence-corrected chi connectivity index (χ3v) is 2.64. The molecule has 1 rings (SSSR count). The van der Waals surface area contributed by atoms with Crippen molar-refractivity contribution in [3.05, 3.63) is 35.1 Å². The van der Waals surface area contributed by atoms with E-state index in [2.05, 4.69) is 0 Å². The minimum Gasteiger partial charge on any atom is -0.347 e. The fourth-order valence-electron chi connectivity index (χ4n) is 1.29. The summed E-state index contributed by atoms with van der Waals surface area (Å²) in [6, 6.07) is 1.84. The zero-order chi connectivity index (χ0) is 14.1. The summed E-state index contributed by atoms with van der Waals surface area (Å²) in [6.07, 6.45) is -4.69. The second-order valence-corrected chi connectivity index (χ2v) is 4.30. The largest absolute Gasteiger partial charge is 0.416 e. The summed E-state index contributed by atoms with van der Waals surface area (Å²) in [5.74, 6) is -1.70. The molecule has 1 aromatic carbocycles. The van der Waals surface area contributed by atoms with Gasteiger partial charge in [-0.3, -0.25) is 4.79 Å². The summed E-state index contributed by atoms with van der Waals surface area (Å²) in [5, 5.41) is -1.35. The van der Waals surface area contributed by atoms with Crippen LogP contribution < -0.4 is 0 Å². The van der Waals surface area contributed by atoms with Gasteiger partial charge in [0.15, 0.2) is 0 Å². The highest BCUT2D eigenvalue weighted by molar-refractivity contribution is 6.30. The van der Waals surface area contributed by atoms with Gasteiger partial charge in [0, 0.05) is 14.1 Å². The van der Waals surface area contributed by atoms with E-state index in [9.17, 15) is 22.4 Å². The Labute approximate surface area is 106 Å². The van der Waals surface area contributed by atoms with Crippen molar-refractivity contribution in [1.29, 1.82) is 0 Å². The van der Waals surface area contributed by atoms with Gasteiger partial charge in [-0.2, -0.15) is 13.2 Å². The Morgan fingerprint density at radius 1 is 1.28 bits per heavy atom. The number of carbonyl (C=O) groups excluding carboxylic acids is 1. The average molecular weight is 284 g/mol. The number of halogens is 5. The number of benzene rings is 1. The molecule has 100 valence electrons. The SMILES string of the molecule is CN(C)C(=O)C(Cl)c1cc(F)cc(C(F)(F)F)c1. The molecule has 1 amide bonds. The summed E-state index contributed by atoms with van der Waals surface area (Å²) < 4.78 is 50.5. The minimum absolute atomic E-state index is 0.220. The Morgan fingerprint density at radius 2 is 1.83 bits per heavy atom. The molecule has 0 N–H and O–H groups in total. The molecule has 1 atom stereocenters. The van der Waals surface area contributed by atoms with Crippen LogP contribution in [0, 0.1) is 5.82 Å². The van der Waals surface area contributed by atoms with E-state index in [1.165, 1.54) is 14.1 Å². The lowest BCUT2D eigenvalue weighted by Gasteiger charge is -2.16. The van der Waals surface area contributed by atoms with Crippen LogP contribution in [0.1, 0.15) is 16.5 Å². The van der Waals surface area contributed by atoms with Crippen molar-refractivity contribution in [2.75, 3.05) is 14.1 Å². The molecule has 1 aromatic rings. The maximum absolute atomic E-state index is 13.1. The van der Waals surface area contributed by atoms with Crippen LogP contribution in [0.25, 0.3) is 0 Å². The quantitative estimate of drug-likeness (QED) is 0.603. The highest BCUT2D eigenvalue weighted by atomic mass is 35.5. The smallest absolute Gasteiger partial charge is 0.347 e. The monoisotopic (exact) mass is 283 g/mol. The number of rotatable bonds is 2. The van der Waals surface area contributed by atoms with Crippen molar-refractivity contribution in [3.63, 3.8) is 0 Å². The van der Waals surface area contributed by atoms with Crippen LogP contribution in [-0.4, -0.2) is 24.9 Å². The summed E-state index contributed by atoms with van der Waals surface area (Å²) in [4.78, 5) is 12.6. The van der Waals surface area contributed by atoms with Crippen LogP contribution in [0.15, 0.2) is 18.2 Å². The highest BCUT2D eigenvalue weighted by Gasteiger charge is 2.32. The maximum Gasteiger partial charge on any atom is 0.416 e. The molecule has 1 unspecified atom stereocenters. The molecule has 0 saturated carbocycles. The van der Waals surface area contributed by atoms with E-state index in [1.54, 1.807) is 0 Å². The number of likely N-dealkylation sites (N-methyl/N-ethyl adjacent to an activating group) is 1.